The minimum absolute atomic E-state index is 0.0943. The molecular formula is C25H30Cl2N4O4. The number of amides is 4. The zero-order valence-electron chi connectivity index (χ0n) is 19.8. The lowest BCUT2D eigenvalue weighted by molar-refractivity contribution is -0.118. The number of halogens is 2. The van der Waals surface area contributed by atoms with E-state index in [2.05, 4.69) is 21.3 Å². The van der Waals surface area contributed by atoms with Crippen molar-refractivity contribution in [3.63, 3.8) is 0 Å². The number of carbonyl (C=O) groups excluding carboxylic acids is 4. The van der Waals surface area contributed by atoms with Crippen LogP contribution in [0.5, 0.6) is 0 Å². The zero-order valence-corrected chi connectivity index (χ0v) is 21.3. The van der Waals surface area contributed by atoms with Crippen LogP contribution < -0.4 is 21.3 Å². The van der Waals surface area contributed by atoms with E-state index >= 15 is 0 Å². The maximum absolute atomic E-state index is 12.3. The van der Waals surface area contributed by atoms with Gasteiger partial charge in [0.1, 0.15) is 0 Å². The van der Waals surface area contributed by atoms with Gasteiger partial charge in [0, 0.05) is 37.1 Å². The van der Waals surface area contributed by atoms with Gasteiger partial charge >= 0.3 is 0 Å². The van der Waals surface area contributed by atoms with E-state index in [9.17, 15) is 19.2 Å². The van der Waals surface area contributed by atoms with Crippen molar-refractivity contribution in [2.75, 3.05) is 21.3 Å². The molecular weight excluding hydrogens is 491 g/mol. The van der Waals surface area contributed by atoms with Crippen molar-refractivity contribution in [1.82, 2.24) is 0 Å². The Bertz CT molecular complexity index is 992. The van der Waals surface area contributed by atoms with E-state index in [0.717, 1.165) is 12.8 Å². The van der Waals surface area contributed by atoms with E-state index in [1.54, 1.807) is 36.4 Å². The Balaban J connectivity index is 1.85. The van der Waals surface area contributed by atoms with E-state index in [4.69, 9.17) is 23.2 Å². The van der Waals surface area contributed by atoms with Crippen molar-refractivity contribution < 1.29 is 19.2 Å². The first-order chi connectivity index (χ1) is 16.7. The third-order valence-electron chi connectivity index (χ3n) is 4.81. The predicted molar refractivity (Wildman–Crippen MR) is 141 cm³/mol. The Hall–Kier alpha value is -3.10. The number of anilines is 4. The van der Waals surface area contributed by atoms with Gasteiger partial charge in [-0.05, 0) is 55.7 Å². The Morgan fingerprint density at radius 2 is 0.971 bits per heavy atom. The second-order valence-electron chi connectivity index (χ2n) is 7.94. The van der Waals surface area contributed by atoms with Gasteiger partial charge < -0.3 is 21.3 Å². The molecule has 188 valence electrons. The molecule has 0 bridgehead atoms. The molecule has 0 fully saturated rings. The van der Waals surface area contributed by atoms with Crippen LogP contribution in [0, 0.1) is 0 Å². The van der Waals surface area contributed by atoms with Gasteiger partial charge in [-0.15, -0.1) is 0 Å². The molecule has 2 aromatic rings. The molecule has 0 aliphatic rings. The maximum Gasteiger partial charge on any atom is 0.224 e. The fourth-order valence-corrected chi connectivity index (χ4v) is 3.46. The number of benzene rings is 2. The average molecular weight is 521 g/mol. The number of hydrogen-bond acceptors (Lipinski definition) is 4. The summed E-state index contributed by atoms with van der Waals surface area (Å²) in [5, 5.41) is 11.6. The summed E-state index contributed by atoms with van der Waals surface area (Å²) in [6.07, 6.45) is 2.74. The molecule has 0 spiro atoms. The predicted octanol–water partition coefficient (Wildman–Crippen LogP) is 6.22. The molecule has 0 aromatic heterocycles. The van der Waals surface area contributed by atoms with Gasteiger partial charge in [-0.3, -0.25) is 19.2 Å². The topological polar surface area (TPSA) is 116 Å². The molecule has 0 heterocycles. The molecule has 8 nitrogen and oxygen atoms in total. The second kappa shape index (κ2) is 14.3. The zero-order chi connectivity index (χ0) is 25.8. The normalized spacial score (nSPS) is 10.4. The van der Waals surface area contributed by atoms with Crippen LogP contribution in [0.1, 0.15) is 58.8 Å². The first kappa shape index (κ1) is 28.1. The molecule has 35 heavy (non-hydrogen) atoms. The van der Waals surface area contributed by atoms with Gasteiger partial charge in [0.05, 0.1) is 21.4 Å². The largest absolute Gasteiger partial charge is 0.326 e. The Morgan fingerprint density at radius 3 is 1.34 bits per heavy atom. The molecule has 0 aliphatic carbocycles. The van der Waals surface area contributed by atoms with E-state index in [-0.39, 0.29) is 36.5 Å². The fraction of sp³-hybridized carbons (Fsp3) is 0.360. The van der Waals surface area contributed by atoms with Crippen LogP contribution >= 0.6 is 23.2 Å². The average Bonchev–Trinajstić information content (AvgIpc) is 2.78. The molecule has 0 unspecified atom stereocenters. The van der Waals surface area contributed by atoms with Crippen LogP contribution in [-0.2, 0) is 19.2 Å². The first-order valence-corrected chi connectivity index (χ1v) is 12.3. The minimum atomic E-state index is -0.310. The summed E-state index contributed by atoms with van der Waals surface area (Å²) < 4.78 is 0. The SMILES string of the molecule is CCCC(=O)Nc1ccc(Cl)c(NC(=O)CCCC(=O)Nc2cc(NC(=O)CCC)ccc2Cl)c1. The summed E-state index contributed by atoms with van der Waals surface area (Å²) in [5.41, 5.74) is 1.83. The minimum Gasteiger partial charge on any atom is -0.326 e. The highest BCUT2D eigenvalue weighted by atomic mass is 35.5. The summed E-state index contributed by atoms with van der Waals surface area (Å²) in [5.74, 6) is -0.856. The van der Waals surface area contributed by atoms with Gasteiger partial charge in [-0.1, -0.05) is 37.0 Å². The van der Waals surface area contributed by atoms with Crippen LogP contribution in [0.4, 0.5) is 22.7 Å². The molecule has 4 N–H and O–H groups in total. The van der Waals surface area contributed by atoms with E-state index < -0.39 is 0 Å². The highest BCUT2D eigenvalue weighted by molar-refractivity contribution is 6.34. The summed E-state index contributed by atoms with van der Waals surface area (Å²) in [4.78, 5) is 48.3. The molecule has 10 heteroatoms. The van der Waals surface area contributed by atoms with Crippen molar-refractivity contribution in [3.8, 4) is 0 Å². The number of nitrogens with one attached hydrogen (secondary N) is 4. The highest BCUT2D eigenvalue weighted by Crippen LogP contribution is 2.27. The Morgan fingerprint density at radius 1 is 0.600 bits per heavy atom. The summed E-state index contributed by atoms with van der Waals surface area (Å²) in [6.45, 7) is 3.82. The van der Waals surface area contributed by atoms with Crippen LogP contribution in [0.15, 0.2) is 36.4 Å². The molecule has 4 amide bonds. The van der Waals surface area contributed by atoms with Gasteiger partial charge in [-0.2, -0.15) is 0 Å². The standard InChI is InChI=1S/C25H30Cl2N4O4/c1-3-6-22(32)28-16-10-12-18(26)20(14-16)30-24(34)8-5-9-25(35)31-21-15-17(11-13-19(21)27)29-23(33)7-4-2/h10-15H,3-9H2,1-2H3,(H,28,32)(H,29,33)(H,30,34)(H,31,35). The number of rotatable bonds is 12. The molecule has 2 rings (SSSR count). The highest BCUT2D eigenvalue weighted by Gasteiger charge is 2.12. The van der Waals surface area contributed by atoms with Gasteiger partial charge in [-0.25, -0.2) is 0 Å². The second-order valence-corrected chi connectivity index (χ2v) is 8.75. The van der Waals surface area contributed by atoms with Gasteiger partial charge in [0.15, 0.2) is 0 Å². The maximum atomic E-state index is 12.3. The monoisotopic (exact) mass is 520 g/mol. The lowest BCUT2D eigenvalue weighted by Gasteiger charge is -2.11. The van der Waals surface area contributed by atoms with Crippen LogP contribution in [-0.4, -0.2) is 23.6 Å². The lowest BCUT2D eigenvalue weighted by Crippen LogP contribution is -2.16. The van der Waals surface area contributed by atoms with Gasteiger partial charge in [0.2, 0.25) is 23.6 Å². The number of carbonyl (C=O) groups is 4. The summed E-state index contributed by atoms with van der Waals surface area (Å²) in [7, 11) is 0. The Kier molecular flexibility index (Phi) is 11.5. The van der Waals surface area contributed by atoms with Crippen molar-refractivity contribution >= 4 is 69.6 Å². The van der Waals surface area contributed by atoms with Crippen LogP contribution in [0.3, 0.4) is 0 Å². The van der Waals surface area contributed by atoms with E-state index in [0.29, 0.717) is 52.1 Å². The van der Waals surface area contributed by atoms with Crippen molar-refractivity contribution in [3.05, 3.63) is 46.4 Å². The first-order valence-electron chi connectivity index (χ1n) is 11.5. The van der Waals surface area contributed by atoms with E-state index in [1.165, 1.54) is 0 Å². The third kappa shape index (κ3) is 9.96. The van der Waals surface area contributed by atoms with E-state index in [1.807, 2.05) is 13.8 Å². The molecule has 0 atom stereocenters. The smallest absolute Gasteiger partial charge is 0.224 e. The third-order valence-corrected chi connectivity index (χ3v) is 5.47. The summed E-state index contributed by atoms with van der Waals surface area (Å²) in [6, 6.07) is 9.68. The van der Waals surface area contributed by atoms with Gasteiger partial charge in [0.25, 0.3) is 0 Å². The van der Waals surface area contributed by atoms with Crippen molar-refractivity contribution in [2.24, 2.45) is 0 Å². The van der Waals surface area contributed by atoms with Crippen molar-refractivity contribution in [2.45, 2.75) is 58.8 Å². The Labute approximate surface area is 215 Å². The summed E-state index contributed by atoms with van der Waals surface area (Å²) >= 11 is 12.3. The lowest BCUT2D eigenvalue weighted by atomic mass is 10.2. The molecule has 0 saturated heterocycles. The molecule has 0 saturated carbocycles. The quantitative estimate of drug-likeness (QED) is 0.265. The van der Waals surface area contributed by atoms with Crippen molar-refractivity contribution in [1.29, 1.82) is 0 Å². The van der Waals surface area contributed by atoms with Crippen LogP contribution in [0.2, 0.25) is 10.0 Å². The molecule has 0 radical (unpaired) electrons. The number of hydrogen-bond donors (Lipinski definition) is 4. The molecule has 2 aromatic carbocycles. The fourth-order valence-electron chi connectivity index (χ4n) is 3.13. The van der Waals surface area contributed by atoms with Crippen LogP contribution in [0.25, 0.3) is 0 Å². The molecule has 0 aliphatic heterocycles.